The Morgan fingerprint density at radius 1 is 1.50 bits per heavy atom. The van der Waals surface area contributed by atoms with Crippen molar-refractivity contribution >= 4 is 6.03 Å². The summed E-state index contributed by atoms with van der Waals surface area (Å²) in [5.41, 5.74) is 4.94. The van der Waals surface area contributed by atoms with Crippen LogP contribution in [0.15, 0.2) is 0 Å². The number of urea groups is 1. The maximum absolute atomic E-state index is 10.5. The fourth-order valence-electron chi connectivity index (χ4n) is 0.515. The summed E-state index contributed by atoms with van der Waals surface area (Å²) < 4.78 is 0.798. The van der Waals surface area contributed by atoms with Gasteiger partial charge >= 0.3 is 6.03 Å². The van der Waals surface area contributed by atoms with Crippen LogP contribution in [0.3, 0.4) is 0 Å². The molecule has 0 saturated heterocycles. The van der Waals surface area contributed by atoms with Crippen molar-refractivity contribution in [2.24, 2.45) is 5.73 Å². The molecule has 12 heavy (non-hydrogen) atoms. The number of carbonyl (C=O) groups is 1. The number of nitrogens with two attached hydrogens (primary N) is 1. The van der Waals surface area contributed by atoms with Gasteiger partial charge in [0, 0.05) is 7.05 Å². The summed E-state index contributed by atoms with van der Waals surface area (Å²) in [6.07, 6.45) is 0. The Morgan fingerprint density at radius 3 is 2.33 bits per heavy atom. The molecule has 0 aromatic heterocycles. The Bertz CT molecular complexity index is 153. The van der Waals surface area contributed by atoms with E-state index in [0.717, 1.165) is 16.1 Å². The second-order valence-electron chi connectivity index (χ2n) is 3.68. The Kier molecular flexibility index (Phi) is 3.99. The molecule has 0 heterocycles. The lowest BCUT2D eigenvalue weighted by molar-refractivity contribution is -0.871. The van der Waals surface area contributed by atoms with Crippen LogP contribution in [0.4, 0.5) is 4.79 Å². The Hall–Kier alpha value is -0.810. The third-order valence-electron chi connectivity index (χ3n) is 1.36. The molecule has 2 N–H and O–H groups in total. The highest BCUT2D eigenvalue weighted by Gasteiger charge is 2.08. The van der Waals surface area contributed by atoms with Gasteiger partial charge in [-0.25, -0.2) is 9.86 Å². The Balaban J connectivity index is 3.51. The van der Waals surface area contributed by atoms with Gasteiger partial charge in [0.15, 0.2) is 0 Å². The lowest BCUT2D eigenvalue weighted by atomic mass is 10.5. The third kappa shape index (κ3) is 5.94. The van der Waals surface area contributed by atoms with Crippen molar-refractivity contribution in [1.29, 1.82) is 0 Å². The highest BCUT2D eigenvalue weighted by molar-refractivity contribution is 5.70. The van der Waals surface area contributed by atoms with Crippen LogP contribution in [0.5, 0.6) is 0 Å². The average molecular weight is 176 g/mol. The van der Waals surface area contributed by atoms with E-state index < -0.39 is 6.03 Å². The first-order chi connectivity index (χ1) is 5.33. The lowest BCUT2D eigenvalue weighted by Gasteiger charge is -2.24. The van der Waals surface area contributed by atoms with Gasteiger partial charge in [-0.05, 0) is 0 Å². The predicted octanol–water partition coefficient (Wildman–Crippen LogP) is -0.365. The molecule has 72 valence electrons. The first-order valence-corrected chi connectivity index (χ1v) is 3.79. The Morgan fingerprint density at radius 2 is 2.00 bits per heavy atom. The van der Waals surface area contributed by atoms with Crippen LogP contribution in [0.25, 0.3) is 0 Å². The summed E-state index contributed by atoms with van der Waals surface area (Å²) >= 11 is 0. The molecule has 0 radical (unpaired) electrons. The zero-order valence-electron chi connectivity index (χ0n) is 8.20. The molecule has 0 aliphatic rings. The molecule has 2 amide bonds. The molecule has 0 bridgehead atoms. The summed E-state index contributed by atoms with van der Waals surface area (Å²) in [6, 6.07) is -0.573. The summed E-state index contributed by atoms with van der Waals surface area (Å²) in [6.45, 7) is 1.32. The monoisotopic (exact) mass is 176 g/mol. The van der Waals surface area contributed by atoms with E-state index in [-0.39, 0.29) is 0 Å². The SMILES string of the molecule is CN(OCC[N+](C)(C)C)C(N)=O. The highest BCUT2D eigenvalue weighted by atomic mass is 16.7. The summed E-state index contributed by atoms with van der Waals surface area (Å²) in [5.74, 6) is 0. The number of hydrogen-bond acceptors (Lipinski definition) is 2. The molecule has 0 aliphatic carbocycles. The second-order valence-corrected chi connectivity index (χ2v) is 3.68. The molecule has 5 nitrogen and oxygen atoms in total. The number of quaternary nitrogens is 1. The van der Waals surface area contributed by atoms with Crippen molar-refractivity contribution in [2.75, 3.05) is 41.3 Å². The highest BCUT2D eigenvalue weighted by Crippen LogP contribution is 1.91. The molecular weight excluding hydrogens is 158 g/mol. The molecule has 5 heteroatoms. The molecule has 0 spiro atoms. The fraction of sp³-hybridized carbons (Fsp3) is 0.857. The van der Waals surface area contributed by atoms with Crippen molar-refractivity contribution in [3.63, 3.8) is 0 Å². The first-order valence-electron chi connectivity index (χ1n) is 3.79. The predicted molar refractivity (Wildman–Crippen MR) is 46.2 cm³/mol. The molecule has 0 unspecified atom stereocenters. The molecule has 0 atom stereocenters. The largest absolute Gasteiger partial charge is 0.350 e. The average Bonchev–Trinajstić information content (AvgIpc) is 1.84. The molecule has 0 saturated carbocycles. The van der Waals surface area contributed by atoms with Gasteiger partial charge in [0.25, 0.3) is 0 Å². The van der Waals surface area contributed by atoms with E-state index in [9.17, 15) is 4.79 Å². The first kappa shape index (κ1) is 11.2. The van der Waals surface area contributed by atoms with Gasteiger partial charge in [0.1, 0.15) is 13.2 Å². The zero-order valence-corrected chi connectivity index (χ0v) is 8.20. The number of carbonyl (C=O) groups excluding carboxylic acids is 1. The van der Waals surface area contributed by atoms with Crippen LogP contribution in [-0.4, -0.2) is 56.9 Å². The molecule has 0 rings (SSSR count). The summed E-state index contributed by atoms with van der Waals surface area (Å²) in [4.78, 5) is 15.5. The van der Waals surface area contributed by atoms with Gasteiger partial charge in [-0.1, -0.05) is 0 Å². The van der Waals surface area contributed by atoms with Crippen molar-refractivity contribution in [3.05, 3.63) is 0 Å². The lowest BCUT2D eigenvalue weighted by Crippen LogP contribution is -2.40. The standard InChI is InChI=1S/C7H17N3O2/c1-9(7(8)11)12-6-5-10(2,3)4/h5-6H2,1-4H3,(H-,8,11)/p+1. The molecular formula is C7H18N3O2+. The van der Waals surface area contributed by atoms with E-state index in [2.05, 4.69) is 0 Å². The van der Waals surface area contributed by atoms with Crippen LogP contribution in [0.1, 0.15) is 0 Å². The molecule has 0 aliphatic heterocycles. The van der Waals surface area contributed by atoms with E-state index in [1.165, 1.54) is 7.05 Å². The normalized spacial score (nSPS) is 11.3. The van der Waals surface area contributed by atoms with E-state index in [1.807, 2.05) is 21.1 Å². The fourth-order valence-corrected chi connectivity index (χ4v) is 0.515. The molecule has 0 aromatic carbocycles. The number of nitrogens with zero attached hydrogens (tertiary/aromatic N) is 2. The minimum absolute atomic E-state index is 0.489. The van der Waals surface area contributed by atoms with Gasteiger partial charge in [0.05, 0.1) is 21.1 Å². The van der Waals surface area contributed by atoms with Crippen LogP contribution in [-0.2, 0) is 4.84 Å². The van der Waals surface area contributed by atoms with Crippen LogP contribution in [0, 0.1) is 0 Å². The maximum Gasteiger partial charge on any atom is 0.338 e. The number of hydrogen-bond donors (Lipinski definition) is 1. The summed E-state index contributed by atoms with van der Waals surface area (Å²) in [7, 11) is 7.65. The van der Waals surface area contributed by atoms with Crippen molar-refractivity contribution in [3.8, 4) is 0 Å². The number of rotatable bonds is 4. The minimum atomic E-state index is -0.573. The topological polar surface area (TPSA) is 55.6 Å². The van der Waals surface area contributed by atoms with E-state index in [4.69, 9.17) is 10.6 Å². The number of likely N-dealkylation sites (N-methyl/N-ethyl adjacent to an activating group) is 1. The quantitative estimate of drug-likeness (QED) is 0.469. The zero-order chi connectivity index (χ0) is 9.78. The third-order valence-corrected chi connectivity index (χ3v) is 1.36. The van der Waals surface area contributed by atoms with Crippen molar-refractivity contribution in [2.45, 2.75) is 0 Å². The number of hydroxylamine groups is 2. The van der Waals surface area contributed by atoms with Crippen LogP contribution >= 0.6 is 0 Å². The maximum atomic E-state index is 10.5. The second kappa shape index (κ2) is 4.27. The van der Waals surface area contributed by atoms with E-state index >= 15 is 0 Å². The van der Waals surface area contributed by atoms with Gasteiger partial charge in [-0.15, -0.1) is 0 Å². The smallest absolute Gasteiger partial charge is 0.338 e. The number of amides is 2. The summed E-state index contributed by atoms with van der Waals surface area (Å²) in [5, 5.41) is 1.04. The van der Waals surface area contributed by atoms with E-state index in [0.29, 0.717) is 6.61 Å². The van der Waals surface area contributed by atoms with Crippen molar-refractivity contribution in [1.82, 2.24) is 5.06 Å². The Labute approximate surface area is 73.2 Å². The van der Waals surface area contributed by atoms with Gasteiger partial charge in [-0.2, -0.15) is 0 Å². The van der Waals surface area contributed by atoms with Crippen LogP contribution < -0.4 is 5.73 Å². The van der Waals surface area contributed by atoms with Crippen molar-refractivity contribution < 1.29 is 14.1 Å². The van der Waals surface area contributed by atoms with Gasteiger partial charge in [0.2, 0.25) is 0 Å². The minimum Gasteiger partial charge on any atom is -0.350 e. The van der Waals surface area contributed by atoms with Gasteiger partial charge < -0.3 is 10.2 Å². The van der Waals surface area contributed by atoms with Crippen LogP contribution in [0.2, 0.25) is 0 Å². The number of primary amides is 1. The van der Waals surface area contributed by atoms with E-state index in [1.54, 1.807) is 0 Å². The molecule has 0 aromatic rings. The van der Waals surface area contributed by atoms with Gasteiger partial charge in [-0.3, -0.25) is 4.84 Å². The molecule has 0 fully saturated rings.